The lowest BCUT2D eigenvalue weighted by atomic mass is 9.89. The van der Waals surface area contributed by atoms with Crippen molar-refractivity contribution in [1.82, 2.24) is 14.9 Å². The Morgan fingerprint density at radius 1 is 1.35 bits per heavy atom. The van der Waals surface area contributed by atoms with Crippen molar-refractivity contribution >= 4 is 38.8 Å². The monoisotopic (exact) mass is 373 g/mol. The van der Waals surface area contributed by atoms with E-state index < -0.39 is 0 Å². The van der Waals surface area contributed by atoms with E-state index in [-0.39, 0.29) is 11.5 Å². The predicted molar refractivity (Wildman–Crippen MR) is 90.8 cm³/mol. The molecule has 2 aromatic rings. The Balaban J connectivity index is 2.42. The lowest BCUT2D eigenvalue weighted by molar-refractivity contribution is 0.538. The summed E-state index contributed by atoms with van der Waals surface area (Å²) in [5, 5.41) is 12.3. The number of nitrogens with one attached hydrogen (secondary N) is 1. The standard InChI is InChI=1S/C14H20BrN3S2/c1-5-6-16-11(9-7-19-8-10(9)15)12-13(14(2,3)4)17-18-20-12/h7-8,11,16H,5-6H2,1-4H3. The number of hydrogen-bond donors (Lipinski definition) is 1. The van der Waals surface area contributed by atoms with Crippen LogP contribution >= 0.6 is 38.8 Å². The molecule has 0 spiro atoms. The molecule has 0 aliphatic heterocycles. The average Bonchev–Trinajstić information content (AvgIpc) is 2.99. The van der Waals surface area contributed by atoms with Crippen molar-refractivity contribution in [3.8, 4) is 0 Å². The zero-order valence-electron chi connectivity index (χ0n) is 12.2. The molecule has 0 fully saturated rings. The summed E-state index contributed by atoms with van der Waals surface area (Å²) in [6.45, 7) is 9.73. The fourth-order valence-electron chi connectivity index (χ4n) is 2.04. The third kappa shape index (κ3) is 3.47. The van der Waals surface area contributed by atoms with Crippen molar-refractivity contribution in [2.24, 2.45) is 0 Å². The van der Waals surface area contributed by atoms with Crippen LogP contribution in [-0.4, -0.2) is 16.1 Å². The molecule has 2 aromatic heterocycles. The summed E-state index contributed by atoms with van der Waals surface area (Å²) < 4.78 is 5.35. The molecule has 0 amide bonds. The molecule has 2 heterocycles. The first-order valence-corrected chi connectivity index (χ1v) is 9.23. The molecular formula is C14H20BrN3S2. The van der Waals surface area contributed by atoms with Gasteiger partial charge in [0.15, 0.2) is 0 Å². The molecule has 0 saturated heterocycles. The van der Waals surface area contributed by atoms with E-state index in [2.05, 4.69) is 69.3 Å². The van der Waals surface area contributed by atoms with Crippen LogP contribution in [0.5, 0.6) is 0 Å². The van der Waals surface area contributed by atoms with Crippen molar-refractivity contribution < 1.29 is 0 Å². The maximum atomic E-state index is 4.37. The van der Waals surface area contributed by atoms with Crippen LogP contribution in [0.1, 0.15) is 56.3 Å². The Morgan fingerprint density at radius 2 is 2.10 bits per heavy atom. The molecule has 0 aliphatic carbocycles. The Bertz CT molecular complexity index is 557. The van der Waals surface area contributed by atoms with E-state index in [9.17, 15) is 0 Å². The van der Waals surface area contributed by atoms with Gasteiger partial charge in [0, 0.05) is 15.3 Å². The van der Waals surface area contributed by atoms with Crippen molar-refractivity contribution in [2.45, 2.75) is 45.6 Å². The topological polar surface area (TPSA) is 37.8 Å². The van der Waals surface area contributed by atoms with E-state index in [1.54, 1.807) is 11.3 Å². The van der Waals surface area contributed by atoms with Gasteiger partial charge in [0.05, 0.1) is 16.6 Å². The Kier molecular flexibility index (Phi) is 5.34. The predicted octanol–water partition coefficient (Wildman–Crippen LogP) is 4.75. The highest BCUT2D eigenvalue weighted by Gasteiger charge is 2.29. The van der Waals surface area contributed by atoms with Crippen LogP contribution in [0, 0.1) is 0 Å². The minimum Gasteiger partial charge on any atom is -0.305 e. The SMILES string of the molecule is CCCNC(c1cscc1Br)c1snnc1C(C)(C)C. The summed E-state index contributed by atoms with van der Waals surface area (Å²) in [5.74, 6) is 0. The maximum absolute atomic E-state index is 4.37. The highest BCUT2D eigenvalue weighted by Crippen LogP contribution is 2.37. The van der Waals surface area contributed by atoms with Crippen LogP contribution in [0.15, 0.2) is 15.2 Å². The van der Waals surface area contributed by atoms with Crippen LogP contribution in [0.3, 0.4) is 0 Å². The van der Waals surface area contributed by atoms with Crippen molar-refractivity contribution in [3.05, 3.63) is 31.4 Å². The minimum atomic E-state index is 0.0109. The molecule has 0 bridgehead atoms. The molecule has 20 heavy (non-hydrogen) atoms. The molecule has 1 N–H and O–H groups in total. The third-order valence-electron chi connectivity index (χ3n) is 3.04. The molecule has 0 aliphatic rings. The van der Waals surface area contributed by atoms with Crippen LogP contribution in [-0.2, 0) is 5.41 Å². The van der Waals surface area contributed by atoms with Crippen LogP contribution in [0.4, 0.5) is 0 Å². The van der Waals surface area contributed by atoms with Gasteiger partial charge in [-0.1, -0.05) is 32.2 Å². The molecule has 3 nitrogen and oxygen atoms in total. The third-order valence-corrected chi connectivity index (χ3v) is 5.58. The van der Waals surface area contributed by atoms with Gasteiger partial charge in [-0.05, 0) is 51.4 Å². The molecular weight excluding hydrogens is 354 g/mol. The summed E-state index contributed by atoms with van der Waals surface area (Å²) in [4.78, 5) is 1.23. The number of nitrogens with zero attached hydrogens (tertiary/aromatic N) is 2. The van der Waals surface area contributed by atoms with E-state index in [1.807, 2.05) is 0 Å². The second kappa shape index (κ2) is 6.64. The summed E-state index contributed by atoms with van der Waals surface area (Å²) in [7, 11) is 0. The molecule has 2 rings (SSSR count). The first kappa shape index (κ1) is 16.1. The van der Waals surface area contributed by atoms with E-state index in [0.717, 1.165) is 23.1 Å². The number of hydrogen-bond acceptors (Lipinski definition) is 5. The number of halogens is 1. The summed E-state index contributed by atoms with van der Waals surface area (Å²) in [6, 6.07) is 0.171. The van der Waals surface area contributed by atoms with Gasteiger partial charge in [0.2, 0.25) is 0 Å². The van der Waals surface area contributed by atoms with Gasteiger partial charge in [-0.3, -0.25) is 0 Å². The molecule has 0 aromatic carbocycles. The van der Waals surface area contributed by atoms with E-state index in [1.165, 1.54) is 22.0 Å². The maximum Gasteiger partial charge on any atom is 0.0860 e. The summed E-state index contributed by atoms with van der Waals surface area (Å²) in [5.41, 5.74) is 2.38. The van der Waals surface area contributed by atoms with E-state index >= 15 is 0 Å². The summed E-state index contributed by atoms with van der Waals surface area (Å²) in [6.07, 6.45) is 1.11. The van der Waals surface area contributed by atoms with Gasteiger partial charge < -0.3 is 5.32 Å². The van der Waals surface area contributed by atoms with Crippen molar-refractivity contribution in [2.75, 3.05) is 6.54 Å². The zero-order chi connectivity index (χ0) is 14.8. The Morgan fingerprint density at radius 3 is 2.65 bits per heavy atom. The van der Waals surface area contributed by atoms with Gasteiger partial charge in [-0.2, -0.15) is 11.3 Å². The quantitative estimate of drug-likeness (QED) is 0.821. The molecule has 1 atom stereocenters. The van der Waals surface area contributed by atoms with Crippen molar-refractivity contribution in [1.29, 1.82) is 0 Å². The Labute approximate surface area is 137 Å². The largest absolute Gasteiger partial charge is 0.305 e. The van der Waals surface area contributed by atoms with Crippen LogP contribution < -0.4 is 5.32 Å². The normalized spacial score (nSPS) is 13.7. The van der Waals surface area contributed by atoms with Gasteiger partial charge in [-0.25, -0.2) is 0 Å². The Hall–Kier alpha value is -0.300. The zero-order valence-corrected chi connectivity index (χ0v) is 15.5. The molecule has 0 saturated carbocycles. The summed E-state index contributed by atoms with van der Waals surface area (Å²) >= 11 is 6.87. The van der Waals surface area contributed by atoms with E-state index in [0.29, 0.717) is 0 Å². The van der Waals surface area contributed by atoms with Gasteiger partial charge in [0.25, 0.3) is 0 Å². The number of aromatic nitrogens is 2. The van der Waals surface area contributed by atoms with Crippen molar-refractivity contribution in [3.63, 3.8) is 0 Å². The fourth-order valence-corrected chi connectivity index (χ4v) is 4.55. The second-order valence-corrected chi connectivity index (χ2v) is 8.18. The highest BCUT2D eigenvalue weighted by molar-refractivity contribution is 9.10. The van der Waals surface area contributed by atoms with Gasteiger partial charge in [0.1, 0.15) is 0 Å². The first-order valence-electron chi connectivity index (χ1n) is 6.72. The van der Waals surface area contributed by atoms with Gasteiger partial charge >= 0.3 is 0 Å². The average molecular weight is 374 g/mol. The van der Waals surface area contributed by atoms with Crippen LogP contribution in [0.25, 0.3) is 0 Å². The lowest BCUT2D eigenvalue weighted by Gasteiger charge is -2.22. The first-order chi connectivity index (χ1) is 9.45. The fraction of sp³-hybridized carbons (Fsp3) is 0.571. The molecule has 110 valence electrons. The minimum absolute atomic E-state index is 0.0109. The molecule has 6 heteroatoms. The van der Waals surface area contributed by atoms with Crippen LogP contribution in [0.2, 0.25) is 0 Å². The smallest absolute Gasteiger partial charge is 0.0860 e. The lowest BCUT2D eigenvalue weighted by Crippen LogP contribution is -2.25. The number of rotatable bonds is 5. The second-order valence-electron chi connectivity index (χ2n) is 5.80. The highest BCUT2D eigenvalue weighted by atomic mass is 79.9. The number of thiophene rings is 1. The molecule has 0 radical (unpaired) electrons. The molecule has 1 unspecified atom stereocenters. The van der Waals surface area contributed by atoms with Gasteiger partial charge in [-0.15, -0.1) is 5.10 Å². The van der Waals surface area contributed by atoms with E-state index in [4.69, 9.17) is 0 Å².